The molecule has 4 atom stereocenters. The van der Waals surface area contributed by atoms with E-state index in [1.807, 2.05) is 19.0 Å². The van der Waals surface area contributed by atoms with Crippen LogP contribution < -0.4 is 10.6 Å². The summed E-state index contributed by atoms with van der Waals surface area (Å²) in [4.78, 5) is 32.7. The monoisotopic (exact) mass is 606 g/mol. The van der Waals surface area contributed by atoms with Gasteiger partial charge in [-0.15, -0.1) is 0 Å². The number of phenolic OH excluding ortho intramolecular Hbond substituents is 1. The van der Waals surface area contributed by atoms with E-state index in [0.717, 1.165) is 30.8 Å². The molecule has 6 N–H and O–H groups in total. The molecule has 10 nitrogen and oxygen atoms in total. The van der Waals surface area contributed by atoms with E-state index in [-0.39, 0.29) is 40.1 Å². The molecule has 4 aliphatic carbocycles. The van der Waals surface area contributed by atoms with E-state index in [4.69, 9.17) is 5.73 Å². The average Bonchev–Trinajstić information content (AvgIpc) is 3.72. The Labute approximate surface area is 260 Å². The van der Waals surface area contributed by atoms with Gasteiger partial charge in [0, 0.05) is 0 Å². The number of amides is 1. The second kappa shape index (κ2) is 11.7. The zero-order valence-electron chi connectivity index (χ0n) is 26.9. The number of phenols is 1. The Morgan fingerprint density at radius 1 is 1.16 bits per heavy atom. The summed E-state index contributed by atoms with van der Waals surface area (Å²) in [5.74, 6) is -2.67. The molecule has 0 heterocycles. The molecule has 0 radical (unpaired) electrons. The summed E-state index contributed by atoms with van der Waals surface area (Å²) in [7, 11) is 11.1. The maximum absolute atomic E-state index is 14.2. The number of hydrogen-bond donors (Lipinski definition) is 5. The number of primary amides is 1. The molecular formula is C33H47BN4O6. The van der Waals surface area contributed by atoms with Crippen LogP contribution in [0.25, 0.3) is 0 Å². The van der Waals surface area contributed by atoms with Gasteiger partial charge in [0.05, 0.1) is 0 Å². The number of benzene rings is 1. The maximum atomic E-state index is 14.2. The minimum absolute atomic E-state index is 0.000153. The fraction of sp³-hybridized carbons (Fsp3) is 0.606. The summed E-state index contributed by atoms with van der Waals surface area (Å²) in [5, 5.41) is 46.4. The molecule has 11 heteroatoms. The molecule has 238 valence electrons. The summed E-state index contributed by atoms with van der Waals surface area (Å²) >= 11 is 0. The first-order chi connectivity index (χ1) is 20.6. The van der Waals surface area contributed by atoms with Crippen LogP contribution in [0.4, 0.5) is 5.69 Å². The first kappa shape index (κ1) is 32.3. The van der Waals surface area contributed by atoms with Crippen LogP contribution >= 0.6 is 0 Å². The van der Waals surface area contributed by atoms with Crippen LogP contribution in [-0.4, -0.2) is 108 Å². The number of allylic oxidation sites excluding steroid dienone is 1. The third-order valence-corrected chi connectivity index (χ3v) is 10.0. The van der Waals surface area contributed by atoms with Gasteiger partial charge in [0.2, 0.25) is 0 Å². The van der Waals surface area contributed by atoms with Crippen molar-refractivity contribution in [2.75, 3.05) is 46.2 Å². The number of anilines is 1. The van der Waals surface area contributed by atoms with Gasteiger partial charge in [0.25, 0.3) is 0 Å². The molecule has 0 bridgehead atoms. The van der Waals surface area contributed by atoms with Crippen molar-refractivity contribution < 1.29 is 30.0 Å². The number of likely N-dealkylation sites (N-methyl/N-ethyl adjacent to an activating group) is 1. The normalized spacial score (nSPS) is 26.8. The number of carbonyl (C=O) groups is 2. The van der Waals surface area contributed by atoms with Gasteiger partial charge >= 0.3 is 216 Å². The number of nitrogens with two attached hydrogens (primary N) is 1. The minimum atomic E-state index is -2.20. The Morgan fingerprint density at radius 3 is 2.36 bits per heavy atom. The fourth-order valence-electron chi connectivity index (χ4n) is 7.80. The first-order valence-electron chi connectivity index (χ1n) is 15.7. The predicted octanol–water partition coefficient (Wildman–Crippen LogP) is 1.95. The number of fused-ring (bicyclic) bond motifs is 3. The Balaban J connectivity index is 1.62. The van der Waals surface area contributed by atoms with Crippen molar-refractivity contribution >= 4 is 30.3 Å². The topological polar surface area (TPSA) is 151 Å². The SMILES string of the molecule is B=C1C(C(N)=O)=C(O)[C@@H](N(C)C)[C@@H]2C[C@@H]3Cc4c(c(O)cc(CN(CCC(C)C)CC5CC5)c4N(C)C)C(=O)C3=C(O)[C@]12O. The number of carbonyl (C=O) groups excluding carboxylic acids is 2. The zero-order chi connectivity index (χ0) is 32.4. The number of hydrogen-bond acceptors (Lipinski definition) is 9. The number of aromatic hydroxyl groups is 1. The van der Waals surface area contributed by atoms with E-state index in [1.54, 1.807) is 25.1 Å². The number of nitrogens with zero attached hydrogens (tertiary/aromatic N) is 3. The van der Waals surface area contributed by atoms with Crippen molar-refractivity contribution in [3.05, 3.63) is 45.4 Å². The van der Waals surface area contributed by atoms with Crippen molar-refractivity contribution in [2.45, 2.75) is 64.1 Å². The molecule has 0 aromatic heterocycles. The van der Waals surface area contributed by atoms with E-state index < -0.39 is 40.9 Å². The number of aliphatic hydroxyl groups excluding tert-OH is 2. The van der Waals surface area contributed by atoms with Crippen LogP contribution in [0.2, 0.25) is 0 Å². The fourth-order valence-corrected chi connectivity index (χ4v) is 7.80. The van der Waals surface area contributed by atoms with Crippen LogP contribution in [0.15, 0.2) is 28.7 Å². The number of aliphatic hydroxyl groups is 3. The second-order valence-corrected chi connectivity index (χ2v) is 14.1. The summed E-state index contributed by atoms with van der Waals surface area (Å²) in [6, 6.07) is 0.811. The third kappa shape index (κ3) is 5.26. The van der Waals surface area contributed by atoms with Gasteiger partial charge in [-0.3, -0.25) is 0 Å². The molecule has 1 fully saturated rings. The number of ketones is 1. The third-order valence-electron chi connectivity index (χ3n) is 10.0. The molecule has 1 aromatic rings. The Morgan fingerprint density at radius 2 is 1.82 bits per heavy atom. The average molecular weight is 607 g/mol. The first-order valence-corrected chi connectivity index (χ1v) is 15.7. The Kier molecular flexibility index (Phi) is 8.54. The zero-order valence-corrected chi connectivity index (χ0v) is 26.9. The van der Waals surface area contributed by atoms with Gasteiger partial charge in [-0.25, -0.2) is 0 Å². The van der Waals surface area contributed by atoms with Crippen molar-refractivity contribution in [2.24, 2.45) is 29.4 Å². The van der Waals surface area contributed by atoms with Crippen molar-refractivity contribution in [3.63, 3.8) is 0 Å². The molecule has 0 spiro atoms. The van der Waals surface area contributed by atoms with Crippen molar-refractivity contribution in [1.82, 2.24) is 9.80 Å². The molecule has 1 aromatic carbocycles. The van der Waals surface area contributed by atoms with E-state index in [9.17, 15) is 30.0 Å². The predicted molar refractivity (Wildman–Crippen MR) is 173 cm³/mol. The molecule has 1 amide bonds. The number of Topliss-reactive ketones (excluding diaryl/α,β-unsaturated/α-hetero) is 1. The Hall–Kier alpha value is -3.15. The molecule has 0 aliphatic heterocycles. The van der Waals surface area contributed by atoms with Crippen LogP contribution in [0, 0.1) is 23.7 Å². The van der Waals surface area contributed by atoms with Crippen LogP contribution in [-0.2, 0) is 17.8 Å². The van der Waals surface area contributed by atoms with Crippen molar-refractivity contribution in [3.8, 4) is 5.75 Å². The van der Waals surface area contributed by atoms with Gasteiger partial charge in [0.1, 0.15) is 0 Å². The molecule has 5 rings (SSSR count). The van der Waals surface area contributed by atoms with E-state index in [1.165, 1.54) is 12.8 Å². The molecule has 1 saturated carbocycles. The van der Waals surface area contributed by atoms with Crippen molar-refractivity contribution in [1.29, 1.82) is 0 Å². The standard InChI is InChI=1S/C33H47BN4O6/c1-16(2)9-10-38(14-17-7-8-17)15-19-13-22(39)24-20(26(19)36(3)4)11-18-12-21-27(37(5)6)29(41)25(32(35)43)30(34)33(21,44)31(42)23(18)28(24)40/h13,16-18,21,27,34,39,41-42,44H,7-12,14-15H2,1-6H3,(H2,35,43)/t18-,21-,27-,33+/m0/s1. The van der Waals surface area contributed by atoms with Crippen LogP contribution in [0.1, 0.15) is 61.0 Å². The van der Waals surface area contributed by atoms with E-state index in [0.29, 0.717) is 30.4 Å². The molecule has 0 unspecified atom stereocenters. The van der Waals surface area contributed by atoms with E-state index in [2.05, 4.69) is 26.2 Å². The summed E-state index contributed by atoms with van der Waals surface area (Å²) in [6.45, 7) is 7.02. The van der Waals surface area contributed by atoms with E-state index >= 15 is 0 Å². The van der Waals surface area contributed by atoms with Gasteiger partial charge in [0.15, 0.2) is 0 Å². The summed E-state index contributed by atoms with van der Waals surface area (Å²) < 4.78 is 0. The molecular weight excluding hydrogens is 559 g/mol. The quantitative estimate of drug-likeness (QED) is 0.252. The van der Waals surface area contributed by atoms with Gasteiger partial charge in [-0.05, 0) is 31.1 Å². The number of rotatable bonds is 10. The van der Waals surface area contributed by atoms with Gasteiger partial charge < -0.3 is 0 Å². The van der Waals surface area contributed by atoms with Gasteiger partial charge in [-0.1, -0.05) is 13.8 Å². The second-order valence-electron chi connectivity index (χ2n) is 14.1. The van der Waals surface area contributed by atoms with Gasteiger partial charge in [-0.2, -0.15) is 0 Å². The molecule has 4 aliphatic rings. The van der Waals surface area contributed by atoms with Crippen LogP contribution in [0.3, 0.4) is 0 Å². The van der Waals surface area contributed by atoms with Crippen LogP contribution in [0.5, 0.6) is 5.75 Å². The molecule has 44 heavy (non-hydrogen) atoms. The Bertz CT molecular complexity index is 1460. The summed E-state index contributed by atoms with van der Waals surface area (Å²) in [6.07, 6.45) is 4.11. The summed E-state index contributed by atoms with van der Waals surface area (Å²) in [5.41, 5.74) is 5.44. The molecule has 0 saturated heterocycles.